The molecular formula is C15H14N2O3S. The van der Waals surface area contributed by atoms with E-state index in [4.69, 9.17) is 4.74 Å². The van der Waals surface area contributed by atoms with Crippen LogP contribution in [0.25, 0.3) is 0 Å². The molecule has 2 aromatic rings. The molecule has 0 radical (unpaired) electrons. The van der Waals surface area contributed by atoms with E-state index in [1.807, 2.05) is 35.2 Å². The fourth-order valence-corrected chi connectivity index (χ4v) is 3.30. The van der Waals surface area contributed by atoms with Crippen LogP contribution in [0.15, 0.2) is 57.8 Å². The van der Waals surface area contributed by atoms with E-state index >= 15 is 0 Å². The van der Waals surface area contributed by atoms with E-state index in [-0.39, 0.29) is 4.90 Å². The lowest BCUT2D eigenvalue weighted by molar-refractivity contribution is 0.414. The van der Waals surface area contributed by atoms with Crippen LogP contribution in [-0.4, -0.2) is 21.9 Å². The fourth-order valence-electron chi connectivity index (χ4n) is 2.24. The predicted molar refractivity (Wildman–Crippen MR) is 81.3 cm³/mol. The summed E-state index contributed by atoms with van der Waals surface area (Å²) in [5, 5.41) is 0. The Balaban J connectivity index is 1.97. The molecule has 0 amide bonds. The third-order valence-corrected chi connectivity index (χ3v) is 4.54. The lowest BCUT2D eigenvalue weighted by Gasteiger charge is -2.25. The molecule has 1 heterocycles. The molecule has 0 unspecified atom stereocenters. The van der Waals surface area contributed by atoms with Gasteiger partial charge in [-0.2, -0.15) is 8.42 Å². The van der Waals surface area contributed by atoms with Gasteiger partial charge in [0, 0.05) is 6.54 Å². The molecule has 0 aromatic heterocycles. The van der Waals surface area contributed by atoms with Gasteiger partial charge in [-0.25, -0.2) is 0 Å². The number of para-hydroxylation sites is 1. The van der Waals surface area contributed by atoms with Crippen molar-refractivity contribution in [2.24, 2.45) is 4.40 Å². The van der Waals surface area contributed by atoms with E-state index in [1.54, 1.807) is 25.3 Å². The zero-order valence-electron chi connectivity index (χ0n) is 11.4. The van der Waals surface area contributed by atoms with E-state index in [1.165, 1.54) is 6.34 Å². The molecule has 0 saturated carbocycles. The molecule has 0 saturated heterocycles. The highest BCUT2D eigenvalue weighted by molar-refractivity contribution is 7.90. The minimum Gasteiger partial charge on any atom is -0.497 e. The summed E-state index contributed by atoms with van der Waals surface area (Å²) in [6.07, 6.45) is 1.36. The number of benzene rings is 2. The molecule has 108 valence electrons. The average Bonchev–Trinajstić information content (AvgIpc) is 2.51. The summed E-state index contributed by atoms with van der Waals surface area (Å²) >= 11 is 0. The van der Waals surface area contributed by atoms with Gasteiger partial charge in [-0.15, -0.1) is 4.40 Å². The van der Waals surface area contributed by atoms with Gasteiger partial charge in [0.15, 0.2) is 0 Å². The van der Waals surface area contributed by atoms with Crippen LogP contribution in [0, 0.1) is 0 Å². The van der Waals surface area contributed by atoms with Crippen molar-refractivity contribution < 1.29 is 13.2 Å². The summed E-state index contributed by atoms with van der Waals surface area (Å²) in [4.78, 5) is 2.04. The third kappa shape index (κ3) is 2.62. The van der Waals surface area contributed by atoms with E-state index < -0.39 is 10.0 Å². The maximum absolute atomic E-state index is 11.9. The van der Waals surface area contributed by atoms with Gasteiger partial charge in [0.2, 0.25) is 0 Å². The van der Waals surface area contributed by atoms with Gasteiger partial charge in [0.05, 0.1) is 12.8 Å². The Morgan fingerprint density at radius 1 is 1.14 bits per heavy atom. The number of sulfonamides is 1. The standard InChI is InChI=1S/C15H14N2O3S/c1-20-13-6-4-5-12(9-13)10-17-11-16-21(18,19)15-8-3-2-7-14(15)17/h2-9,11H,10H2,1H3. The van der Waals surface area contributed by atoms with Gasteiger partial charge in [-0.1, -0.05) is 24.3 Å². The lowest BCUT2D eigenvalue weighted by Crippen LogP contribution is -2.26. The van der Waals surface area contributed by atoms with E-state index in [0.717, 1.165) is 11.3 Å². The van der Waals surface area contributed by atoms with Crippen LogP contribution >= 0.6 is 0 Å². The zero-order chi connectivity index (χ0) is 14.9. The Hall–Kier alpha value is -2.34. The second kappa shape index (κ2) is 5.21. The molecule has 1 aliphatic rings. The van der Waals surface area contributed by atoms with Crippen molar-refractivity contribution in [1.82, 2.24) is 0 Å². The van der Waals surface area contributed by atoms with Crippen molar-refractivity contribution in [2.45, 2.75) is 11.4 Å². The van der Waals surface area contributed by atoms with Gasteiger partial charge >= 0.3 is 0 Å². The van der Waals surface area contributed by atoms with Gasteiger partial charge in [-0.3, -0.25) is 0 Å². The Bertz CT molecular complexity index is 800. The highest BCUT2D eigenvalue weighted by atomic mass is 32.2. The monoisotopic (exact) mass is 302 g/mol. The molecule has 0 spiro atoms. The maximum Gasteiger partial charge on any atom is 0.285 e. The molecule has 0 atom stereocenters. The first-order valence-corrected chi connectivity index (χ1v) is 7.83. The van der Waals surface area contributed by atoms with Crippen molar-refractivity contribution in [2.75, 3.05) is 12.0 Å². The first-order chi connectivity index (χ1) is 10.1. The van der Waals surface area contributed by atoms with Crippen LogP contribution in [0.2, 0.25) is 0 Å². The van der Waals surface area contributed by atoms with Crippen LogP contribution in [0.5, 0.6) is 5.75 Å². The number of nitrogens with zero attached hydrogens (tertiary/aromatic N) is 2. The van der Waals surface area contributed by atoms with Gasteiger partial charge in [0.25, 0.3) is 10.0 Å². The molecule has 0 N–H and O–H groups in total. The molecule has 3 rings (SSSR count). The zero-order valence-corrected chi connectivity index (χ0v) is 12.2. The highest BCUT2D eigenvalue weighted by Gasteiger charge is 2.24. The summed E-state index contributed by atoms with van der Waals surface area (Å²) in [7, 11) is -1.96. The normalized spacial score (nSPS) is 15.6. The first-order valence-electron chi connectivity index (χ1n) is 6.39. The number of methoxy groups -OCH3 is 1. The number of anilines is 1. The van der Waals surface area contributed by atoms with E-state index in [2.05, 4.69) is 4.40 Å². The van der Waals surface area contributed by atoms with Crippen molar-refractivity contribution in [3.05, 3.63) is 54.1 Å². The Kier molecular flexibility index (Phi) is 3.39. The lowest BCUT2D eigenvalue weighted by atomic mass is 10.2. The summed E-state index contributed by atoms with van der Waals surface area (Å²) in [6.45, 7) is 0.521. The van der Waals surface area contributed by atoms with Crippen LogP contribution in [0.1, 0.15) is 5.56 Å². The fraction of sp³-hybridized carbons (Fsp3) is 0.133. The van der Waals surface area contributed by atoms with Crippen LogP contribution in [0.3, 0.4) is 0 Å². The minimum atomic E-state index is -3.58. The highest BCUT2D eigenvalue weighted by Crippen LogP contribution is 2.30. The van der Waals surface area contributed by atoms with E-state index in [0.29, 0.717) is 12.2 Å². The SMILES string of the molecule is COc1cccc(CN2C=NS(=O)(=O)c3ccccc32)c1. The average molecular weight is 302 g/mol. The second-order valence-corrected chi connectivity index (χ2v) is 6.24. The van der Waals surface area contributed by atoms with Crippen LogP contribution in [-0.2, 0) is 16.6 Å². The number of rotatable bonds is 3. The van der Waals surface area contributed by atoms with Crippen molar-refractivity contribution >= 4 is 22.0 Å². The summed E-state index contributed by atoms with van der Waals surface area (Å²) in [6, 6.07) is 14.5. The summed E-state index contributed by atoms with van der Waals surface area (Å²) in [5.74, 6) is 0.766. The Morgan fingerprint density at radius 3 is 2.76 bits per heavy atom. The smallest absolute Gasteiger partial charge is 0.285 e. The summed E-state index contributed by atoms with van der Waals surface area (Å²) < 4.78 is 32.7. The third-order valence-electron chi connectivity index (χ3n) is 3.26. The topological polar surface area (TPSA) is 59.0 Å². The molecular weight excluding hydrogens is 288 g/mol. The van der Waals surface area contributed by atoms with E-state index in [9.17, 15) is 8.42 Å². The van der Waals surface area contributed by atoms with Crippen molar-refractivity contribution in [3.63, 3.8) is 0 Å². The van der Waals surface area contributed by atoms with Crippen molar-refractivity contribution in [1.29, 1.82) is 0 Å². The Labute approximate surface area is 123 Å². The Morgan fingerprint density at radius 2 is 1.95 bits per heavy atom. The summed E-state index contributed by atoms with van der Waals surface area (Å²) in [5.41, 5.74) is 1.64. The minimum absolute atomic E-state index is 0.232. The molecule has 1 aliphatic heterocycles. The number of hydrogen-bond donors (Lipinski definition) is 0. The second-order valence-electron chi connectivity index (χ2n) is 4.64. The molecule has 6 heteroatoms. The van der Waals surface area contributed by atoms with Crippen LogP contribution in [0.4, 0.5) is 5.69 Å². The maximum atomic E-state index is 11.9. The largest absolute Gasteiger partial charge is 0.497 e. The molecule has 5 nitrogen and oxygen atoms in total. The molecule has 2 aromatic carbocycles. The molecule has 0 bridgehead atoms. The van der Waals surface area contributed by atoms with Gasteiger partial charge in [-0.05, 0) is 29.8 Å². The predicted octanol–water partition coefficient (Wildman–Crippen LogP) is 2.43. The van der Waals surface area contributed by atoms with Crippen molar-refractivity contribution in [3.8, 4) is 5.75 Å². The van der Waals surface area contributed by atoms with Gasteiger partial charge < -0.3 is 9.64 Å². The van der Waals surface area contributed by atoms with Gasteiger partial charge in [0.1, 0.15) is 17.0 Å². The number of ether oxygens (including phenoxy) is 1. The quantitative estimate of drug-likeness (QED) is 0.873. The van der Waals surface area contributed by atoms with Crippen LogP contribution < -0.4 is 9.64 Å². The number of fused-ring (bicyclic) bond motifs is 1. The number of hydrogen-bond acceptors (Lipinski definition) is 4. The molecule has 0 fully saturated rings. The first kappa shape index (κ1) is 13.6. The molecule has 0 aliphatic carbocycles. The molecule has 21 heavy (non-hydrogen) atoms.